The van der Waals surface area contributed by atoms with E-state index < -0.39 is 0 Å². The number of carbonyl (C=O) groups is 1. The Morgan fingerprint density at radius 2 is 2.15 bits per heavy atom. The summed E-state index contributed by atoms with van der Waals surface area (Å²) in [7, 11) is 0. The van der Waals surface area contributed by atoms with Crippen molar-refractivity contribution in [2.75, 3.05) is 5.73 Å². The van der Waals surface area contributed by atoms with E-state index in [1.807, 2.05) is 20.8 Å². The third-order valence-corrected chi connectivity index (χ3v) is 2.69. The van der Waals surface area contributed by atoms with Gasteiger partial charge in [0.2, 0.25) is 6.39 Å². The van der Waals surface area contributed by atoms with Crippen LogP contribution >= 0.6 is 0 Å². The molecule has 0 fully saturated rings. The van der Waals surface area contributed by atoms with E-state index in [2.05, 4.69) is 25.0 Å². The predicted octanol–water partition coefficient (Wildman–Crippen LogP) is 1.27. The van der Waals surface area contributed by atoms with Crippen molar-refractivity contribution in [1.29, 1.82) is 0 Å². The molecule has 7 heteroatoms. The summed E-state index contributed by atoms with van der Waals surface area (Å²) in [5, 5.41) is 6.32. The van der Waals surface area contributed by atoms with Crippen LogP contribution in [0.2, 0.25) is 0 Å². The number of nitrogen functional groups attached to an aromatic ring is 1. The van der Waals surface area contributed by atoms with E-state index >= 15 is 0 Å². The molecule has 0 aliphatic rings. The third kappa shape index (κ3) is 3.31. The zero-order chi connectivity index (χ0) is 14.8. The van der Waals surface area contributed by atoms with Gasteiger partial charge in [-0.05, 0) is 12.1 Å². The van der Waals surface area contributed by atoms with Crippen molar-refractivity contribution in [3.63, 3.8) is 0 Å². The second-order valence-corrected chi connectivity index (χ2v) is 5.45. The van der Waals surface area contributed by atoms with Crippen molar-refractivity contribution >= 4 is 11.7 Å². The highest BCUT2D eigenvalue weighted by Crippen LogP contribution is 2.22. The molecule has 2 rings (SSSR count). The average molecular weight is 275 g/mol. The summed E-state index contributed by atoms with van der Waals surface area (Å²) in [5.41, 5.74) is 6.80. The molecular weight excluding hydrogens is 258 g/mol. The van der Waals surface area contributed by atoms with E-state index in [0.717, 1.165) is 5.69 Å². The topological polar surface area (TPSA) is 107 Å². The van der Waals surface area contributed by atoms with E-state index in [4.69, 9.17) is 5.73 Å². The minimum atomic E-state index is -0.255. The van der Waals surface area contributed by atoms with Gasteiger partial charge in [-0.25, -0.2) is 4.98 Å². The van der Waals surface area contributed by atoms with Gasteiger partial charge in [-0.15, -0.1) is 0 Å². The molecule has 3 N–H and O–H groups in total. The number of rotatable bonds is 3. The van der Waals surface area contributed by atoms with Crippen molar-refractivity contribution in [2.45, 2.75) is 32.7 Å². The average Bonchev–Trinajstić information content (AvgIpc) is 2.87. The Balaban J connectivity index is 2.15. The molecular formula is C13H17N5O2. The minimum absolute atomic E-state index is 0.182. The van der Waals surface area contributed by atoms with Gasteiger partial charge in [-0.1, -0.05) is 25.9 Å². The Labute approximate surface area is 116 Å². The zero-order valence-corrected chi connectivity index (χ0v) is 11.7. The maximum absolute atomic E-state index is 12.1. The smallest absolute Gasteiger partial charge is 0.251 e. The van der Waals surface area contributed by atoms with E-state index in [-0.39, 0.29) is 17.9 Å². The molecule has 1 amide bonds. The first-order chi connectivity index (χ1) is 9.36. The molecule has 0 spiro atoms. The van der Waals surface area contributed by atoms with Crippen molar-refractivity contribution in [2.24, 2.45) is 0 Å². The lowest BCUT2D eigenvalue weighted by molar-refractivity contribution is 0.0949. The standard InChI is InChI=1S/C13H17N5O2/c1-13(2,3)9-4-8(5-10(14)17-9)12(19)15-6-11-16-7-20-18-11/h4-5,7H,6H2,1-3H3,(H2,14,17)(H,15,19). The van der Waals surface area contributed by atoms with Gasteiger partial charge in [-0.2, -0.15) is 4.98 Å². The second kappa shape index (κ2) is 5.28. The first-order valence-electron chi connectivity index (χ1n) is 6.18. The number of carbonyl (C=O) groups excluding carboxylic acids is 1. The summed E-state index contributed by atoms with van der Waals surface area (Å²) in [5.74, 6) is 0.480. The van der Waals surface area contributed by atoms with Crippen LogP contribution in [-0.2, 0) is 12.0 Å². The summed E-state index contributed by atoms with van der Waals surface area (Å²) in [4.78, 5) is 20.2. The number of nitrogens with zero attached hydrogens (tertiary/aromatic N) is 3. The monoisotopic (exact) mass is 275 g/mol. The number of nitrogens with one attached hydrogen (secondary N) is 1. The van der Waals surface area contributed by atoms with Gasteiger partial charge < -0.3 is 15.6 Å². The number of anilines is 1. The van der Waals surface area contributed by atoms with Crippen LogP contribution in [0.15, 0.2) is 23.0 Å². The molecule has 0 bridgehead atoms. The van der Waals surface area contributed by atoms with Crippen LogP contribution in [0.1, 0.15) is 42.6 Å². The molecule has 0 aliphatic heterocycles. The quantitative estimate of drug-likeness (QED) is 0.873. The molecule has 2 aromatic rings. The lowest BCUT2D eigenvalue weighted by Gasteiger charge is -2.18. The molecule has 0 saturated heterocycles. The third-order valence-electron chi connectivity index (χ3n) is 2.69. The Hall–Kier alpha value is -2.44. The first-order valence-corrected chi connectivity index (χ1v) is 6.18. The van der Waals surface area contributed by atoms with Crippen molar-refractivity contribution in [3.05, 3.63) is 35.6 Å². The lowest BCUT2D eigenvalue weighted by atomic mass is 9.90. The highest BCUT2D eigenvalue weighted by atomic mass is 16.5. The predicted molar refractivity (Wildman–Crippen MR) is 72.8 cm³/mol. The van der Waals surface area contributed by atoms with Gasteiger partial charge in [0, 0.05) is 16.7 Å². The number of hydrogen-bond acceptors (Lipinski definition) is 6. The summed E-state index contributed by atoms with van der Waals surface area (Å²) in [6.07, 6.45) is 1.21. The van der Waals surface area contributed by atoms with Crippen LogP contribution in [-0.4, -0.2) is 21.0 Å². The van der Waals surface area contributed by atoms with Crippen LogP contribution in [0.5, 0.6) is 0 Å². The van der Waals surface area contributed by atoms with Crippen LogP contribution in [0.3, 0.4) is 0 Å². The highest BCUT2D eigenvalue weighted by Gasteiger charge is 2.18. The maximum atomic E-state index is 12.1. The molecule has 0 atom stereocenters. The number of amides is 1. The molecule has 0 radical (unpaired) electrons. The van der Waals surface area contributed by atoms with Gasteiger partial charge in [0.25, 0.3) is 5.91 Å². The molecule has 2 heterocycles. The molecule has 0 saturated carbocycles. The number of pyridine rings is 1. The molecule has 0 aliphatic carbocycles. The lowest BCUT2D eigenvalue weighted by Crippen LogP contribution is -2.25. The van der Waals surface area contributed by atoms with Crippen LogP contribution in [0, 0.1) is 0 Å². The largest absolute Gasteiger partial charge is 0.384 e. The van der Waals surface area contributed by atoms with Gasteiger partial charge in [-0.3, -0.25) is 4.79 Å². The molecule has 7 nitrogen and oxygen atoms in total. The van der Waals surface area contributed by atoms with Crippen molar-refractivity contribution in [3.8, 4) is 0 Å². The second-order valence-electron chi connectivity index (χ2n) is 5.45. The SMILES string of the molecule is CC(C)(C)c1cc(C(=O)NCc2ncon2)cc(N)n1. The van der Waals surface area contributed by atoms with Gasteiger partial charge in [0.05, 0.1) is 6.54 Å². The molecule has 106 valence electrons. The summed E-state index contributed by atoms with van der Waals surface area (Å²) < 4.78 is 4.59. The van der Waals surface area contributed by atoms with E-state index in [1.165, 1.54) is 6.39 Å². The molecule has 0 unspecified atom stereocenters. The van der Waals surface area contributed by atoms with Gasteiger partial charge in [0.15, 0.2) is 5.82 Å². The normalized spacial score (nSPS) is 11.3. The van der Waals surface area contributed by atoms with E-state index in [9.17, 15) is 4.79 Å². The first kappa shape index (κ1) is 14.0. The van der Waals surface area contributed by atoms with E-state index in [0.29, 0.717) is 17.2 Å². The summed E-state index contributed by atoms with van der Waals surface area (Å²) in [6, 6.07) is 3.28. The molecule has 2 aromatic heterocycles. The maximum Gasteiger partial charge on any atom is 0.251 e. The summed E-state index contributed by atoms with van der Waals surface area (Å²) >= 11 is 0. The fourth-order valence-corrected chi connectivity index (χ4v) is 1.60. The summed E-state index contributed by atoms with van der Waals surface area (Å²) in [6.45, 7) is 6.23. The fourth-order valence-electron chi connectivity index (χ4n) is 1.60. The number of hydrogen-bond donors (Lipinski definition) is 2. The zero-order valence-electron chi connectivity index (χ0n) is 11.7. The van der Waals surface area contributed by atoms with Gasteiger partial charge >= 0.3 is 0 Å². The fraction of sp³-hybridized carbons (Fsp3) is 0.385. The Morgan fingerprint density at radius 3 is 2.75 bits per heavy atom. The number of nitrogens with two attached hydrogens (primary N) is 1. The van der Waals surface area contributed by atoms with Crippen LogP contribution in [0.4, 0.5) is 5.82 Å². The van der Waals surface area contributed by atoms with Crippen LogP contribution < -0.4 is 11.1 Å². The molecule has 20 heavy (non-hydrogen) atoms. The molecule has 0 aromatic carbocycles. The number of aromatic nitrogens is 3. The van der Waals surface area contributed by atoms with Crippen molar-refractivity contribution in [1.82, 2.24) is 20.4 Å². The Kier molecular flexibility index (Phi) is 3.69. The van der Waals surface area contributed by atoms with Crippen LogP contribution in [0.25, 0.3) is 0 Å². The Bertz CT molecular complexity index is 602. The Morgan fingerprint density at radius 1 is 1.40 bits per heavy atom. The van der Waals surface area contributed by atoms with Crippen molar-refractivity contribution < 1.29 is 9.32 Å². The minimum Gasteiger partial charge on any atom is -0.384 e. The van der Waals surface area contributed by atoms with E-state index in [1.54, 1.807) is 12.1 Å². The van der Waals surface area contributed by atoms with Gasteiger partial charge in [0.1, 0.15) is 5.82 Å². The highest BCUT2D eigenvalue weighted by molar-refractivity contribution is 5.94.